The first-order valence-electron chi connectivity index (χ1n) is 5.72. The van der Waals surface area contributed by atoms with E-state index in [1.165, 1.54) is 6.26 Å². The largest absolute Gasteiger partial charge is 0.390 e. The highest BCUT2D eigenvalue weighted by molar-refractivity contribution is 8.24. The van der Waals surface area contributed by atoms with Crippen molar-refractivity contribution in [1.29, 1.82) is 0 Å². The van der Waals surface area contributed by atoms with Crippen molar-refractivity contribution in [3.8, 4) is 0 Å². The first-order valence-corrected chi connectivity index (χ1v) is 7.68. The molecule has 0 atom stereocenters. The van der Waals surface area contributed by atoms with Crippen molar-refractivity contribution < 1.29 is 18.6 Å². The molecule has 3 N–H and O–H groups in total. The molecule has 0 aliphatic heterocycles. The molecule has 1 heterocycles. The first kappa shape index (κ1) is 13.7. The number of halogens is 1. The Bertz CT molecular complexity index is 415. The van der Waals surface area contributed by atoms with Gasteiger partial charge in [-0.3, -0.25) is 13.5 Å². The molecule has 0 radical (unpaired) electrons. The number of hydrogen-bond donors (Lipinski definition) is 3. The summed E-state index contributed by atoms with van der Waals surface area (Å²) >= 11 is 0. The Hall–Kier alpha value is -0.700. The number of nitrogens with zero attached hydrogens (tertiary/aromatic N) is 3. The number of alkyl halides is 1. The van der Waals surface area contributed by atoms with Crippen molar-refractivity contribution in [3.63, 3.8) is 0 Å². The van der Waals surface area contributed by atoms with Crippen LogP contribution in [0.25, 0.3) is 0 Å². The fraction of sp³-hybridized carbons (Fsp3) is 0.800. The molecule has 0 bridgehead atoms. The van der Waals surface area contributed by atoms with Gasteiger partial charge in [0.2, 0.25) is 0 Å². The average Bonchev–Trinajstić information content (AvgIpc) is 2.69. The van der Waals surface area contributed by atoms with Gasteiger partial charge in [0, 0.05) is 6.26 Å². The van der Waals surface area contributed by atoms with E-state index in [9.17, 15) is 13.5 Å². The number of hydrogen-bond acceptors (Lipinski definition) is 5. The predicted molar refractivity (Wildman–Crippen MR) is 66.3 cm³/mol. The van der Waals surface area contributed by atoms with Crippen molar-refractivity contribution in [1.82, 2.24) is 15.0 Å². The van der Waals surface area contributed by atoms with Crippen LogP contribution in [0.1, 0.15) is 31.0 Å². The van der Waals surface area contributed by atoms with Crippen molar-refractivity contribution >= 4 is 10.6 Å². The average molecular weight is 279 g/mol. The van der Waals surface area contributed by atoms with Gasteiger partial charge in [0.1, 0.15) is 5.69 Å². The second kappa shape index (κ2) is 4.76. The monoisotopic (exact) mass is 279 g/mol. The van der Waals surface area contributed by atoms with Gasteiger partial charge in [0.15, 0.2) is 0 Å². The molecule has 0 saturated heterocycles. The van der Waals surface area contributed by atoms with Crippen LogP contribution in [0.4, 0.5) is 4.39 Å². The lowest BCUT2D eigenvalue weighted by molar-refractivity contribution is 0.170. The second-order valence-corrected chi connectivity index (χ2v) is 7.40. The normalized spacial score (nSPS) is 29.1. The highest BCUT2D eigenvalue weighted by Crippen LogP contribution is 2.64. The molecule has 1 aliphatic rings. The van der Waals surface area contributed by atoms with Crippen LogP contribution in [-0.2, 0) is 6.61 Å². The summed E-state index contributed by atoms with van der Waals surface area (Å²) in [5.41, 5.74) is 0.473. The van der Waals surface area contributed by atoms with E-state index in [-0.39, 0.29) is 19.1 Å². The molecular weight excluding hydrogens is 261 g/mol. The maximum atomic E-state index is 12.6. The first-order chi connectivity index (χ1) is 8.42. The maximum absolute atomic E-state index is 12.6. The van der Waals surface area contributed by atoms with Gasteiger partial charge in [-0.1, -0.05) is 5.21 Å². The smallest absolute Gasteiger partial charge is 0.108 e. The molecule has 0 aromatic carbocycles. The van der Waals surface area contributed by atoms with E-state index in [0.29, 0.717) is 18.5 Å². The van der Waals surface area contributed by atoms with E-state index >= 15 is 0 Å². The van der Waals surface area contributed by atoms with Crippen LogP contribution in [0.3, 0.4) is 0 Å². The lowest BCUT2D eigenvalue weighted by Gasteiger charge is -2.57. The van der Waals surface area contributed by atoms with E-state index in [1.54, 1.807) is 10.9 Å². The van der Waals surface area contributed by atoms with E-state index in [4.69, 9.17) is 5.11 Å². The highest BCUT2D eigenvalue weighted by Gasteiger charge is 2.52. The molecule has 2 rings (SSSR count). The third-order valence-corrected chi connectivity index (χ3v) is 5.86. The number of aliphatic hydroxyl groups is 1. The van der Waals surface area contributed by atoms with Gasteiger partial charge in [0.05, 0.1) is 30.3 Å². The number of aromatic nitrogens is 3. The second-order valence-electron chi connectivity index (χ2n) is 4.87. The molecule has 104 valence electrons. The van der Waals surface area contributed by atoms with E-state index in [0.717, 1.165) is 0 Å². The fourth-order valence-corrected chi connectivity index (χ4v) is 3.92. The van der Waals surface area contributed by atoms with Gasteiger partial charge in [-0.15, -0.1) is 5.10 Å². The Kier molecular flexibility index (Phi) is 3.63. The van der Waals surface area contributed by atoms with Gasteiger partial charge in [-0.05, 0) is 19.3 Å². The van der Waals surface area contributed by atoms with E-state index in [1.807, 2.05) is 0 Å². The van der Waals surface area contributed by atoms with Crippen molar-refractivity contribution in [2.45, 2.75) is 36.7 Å². The molecule has 1 aromatic rings. The van der Waals surface area contributed by atoms with Gasteiger partial charge >= 0.3 is 0 Å². The summed E-state index contributed by atoms with van der Waals surface area (Å²) in [6, 6.07) is -0.00419. The van der Waals surface area contributed by atoms with E-state index in [2.05, 4.69) is 10.3 Å². The Morgan fingerprint density at radius 2 is 2.22 bits per heavy atom. The number of rotatable bonds is 5. The minimum Gasteiger partial charge on any atom is -0.390 e. The Balaban J connectivity index is 2.06. The predicted octanol–water partition coefficient (Wildman–Crippen LogP) is 1.58. The van der Waals surface area contributed by atoms with Crippen LogP contribution in [-0.4, -0.2) is 46.9 Å². The summed E-state index contributed by atoms with van der Waals surface area (Å²) in [4.78, 5) is 0. The quantitative estimate of drug-likeness (QED) is 0.761. The van der Waals surface area contributed by atoms with Crippen LogP contribution >= 0.6 is 10.6 Å². The summed E-state index contributed by atoms with van der Waals surface area (Å²) in [6.45, 7) is -0.735. The third-order valence-electron chi connectivity index (χ3n) is 3.68. The van der Waals surface area contributed by atoms with Crippen molar-refractivity contribution in [2.24, 2.45) is 0 Å². The zero-order valence-electron chi connectivity index (χ0n) is 10.2. The van der Waals surface area contributed by atoms with Crippen LogP contribution in [0.15, 0.2) is 6.20 Å². The van der Waals surface area contributed by atoms with Crippen LogP contribution in [0, 0.1) is 0 Å². The van der Waals surface area contributed by atoms with Crippen LogP contribution < -0.4 is 0 Å². The molecule has 0 unspecified atom stereocenters. The zero-order chi connectivity index (χ0) is 13.4. The molecule has 18 heavy (non-hydrogen) atoms. The summed E-state index contributed by atoms with van der Waals surface area (Å²) in [5.74, 6) is 0. The van der Waals surface area contributed by atoms with Crippen LogP contribution in [0.2, 0.25) is 0 Å². The summed E-state index contributed by atoms with van der Waals surface area (Å²) < 4.78 is 33.1. The molecule has 0 spiro atoms. The molecular formula is C10H18FN3O3S. The van der Waals surface area contributed by atoms with Gasteiger partial charge in [0.25, 0.3) is 0 Å². The van der Waals surface area contributed by atoms with Crippen molar-refractivity contribution in [3.05, 3.63) is 11.9 Å². The SMILES string of the molecule is CS(O)(O)C1(CCF)CC(n2cc(CO)nn2)C1. The number of aliphatic hydroxyl groups excluding tert-OH is 1. The lowest BCUT2D eigenvalue weighted by Crippen LogP contribution is -2.48. The minimum absolute atomic E-state index is 0.00419. The lowest BCUT2D eigenvalue weighted by atomic mass is 9.77. The Morgan fingerprint density at radius 3 is 2.67 bits per heavy atom. The minimum atomic E-state index is -2.78. The van der Waals surface area contributed by atoms with Gasteiger partial charge in [-0.2, -0.15) is 10.6 Å². The van der Waals surface area contributed by atoms with Crippen molar-refractivity contribution in [2.75, 3.05) is 12.9 Å². The Labute approximate surface area is 106 Å². The van der Waals surface area contributed by atoms with Gasteiger partial charge in [-0.25, -0.2) is 4.68 Å². The molecule has 1 aromatic heterocycles. The summed E-state index contributed by atoms with van der Waals surface area (Å²) in [7, 11) is -2.78. The summed E-state index contributed by atoms with van der Waals surface area (Å²) in [5, 5.41) is 16.5. The van der Waals surface area contributed by atoms with E-state index < -0.39 is 22.0 Å². The molecule has 1 aliphatic carbocycles. The van der Waals surface area contributed by atoms with Crippen LogP contribution in [0.5, 0.6) is 0 Å². The maximum Gasteiger partial charge on any atom is 0.108 e. The summed E-state index contributed by atoms with van der Waals surface area (Å²) in [6.07, 6.45) is 4.11. The molecule has 0 amide bonds. The highest BCUT2D eigenvalue weighted by atomic mass is 32.3. The molecule has 1 saturated carbocycles. The molecule has 1 fully saturated rings. The molecule has 8 heteroatoms. The Morgan fingerprint density at radius 1 is 1.56 bits per heavy atom. The van der Waals surface area contributed by atoms with Gasteiger partial charge < -0.3 is 5.11 Å². The topological polar surface area (TPSA) is 91.4 Å². The fourth-order valence-electron chi connectivity index (χ4n) is 2.44. The zero-order valence-corrected chi connectivity index (χ0v) is 11.0. The standard InChI is InChI=1S/C10H18FN3O3S/c1-18(16,17)10(2-3-11)4-9(5-10)14-6-8(7-15)12-13-14/h6,9,15-17H,2-5,7H2,1H3. The molecule has 6 nitrogen and oxygen atoms in total. The third kappa shape index (κ3) is 2.25.